The molecule has 0 radical (unpaired) electrons. The summed E-state index contributed by atoms with van der Waals surface area (Å²) in [6, 6.07) is 0.760. The van der Waals surface area contributed by atoms with E-state index in [9.17, 15) is 22.8 Å². The lowest BCUT2D eigenvalue weighted by Crippen LogP contribution is -2.47. The molecule has 1 aromatic heterocycles. The minimum atomic E-state index is -4.64. The van der Waals surface area contributed by atoms with Crippen LogP contribution in [-0.4, -0.2) is 53.2 Å². The van der Waals surface area contributed by atoms with Crippen LogP contribution in [0.1, 0.15) is 5.56 Å². The van der Waals surface area contributed by atoms with Crippen molar-refractivity contribution in [2.75, 3.05) is 20.1 Å². The number of carboxylic acid groups (broad SMARTS) is 1. The van der Waals surface area contributed by atoms with Crippen LogP contribution < -0.4 is 0 Å². The van der Waals surface area contributed by atoms with Crippen molar-refractivity contribution in [1.82, 2.24) is 9.80 Å². The highest BCUT2D eigenvalue weighted by Crippen LogP contribution is 2.18. The molecule has 0 aliphatic carbocycles. The number of thiophene rings is 1. The summed E-state index contributed by atoms with van der Waals surface area (Å²) < 4.78 is 37.1. The Morgan fingerprint density at radius 1 is 1.40 bits per heavy atom. The Morgan fingerprint density at radius 2 is 2.05 bits per heavy atom. The zero-order valence-corrected chi connectivity index (χ0v) is 11.4. The quantitative estimate of drug-likeness (QED) is 0.907. The number of urea groups is 1. The molecular formula is C11H13F3N2O3S. The van der Waals surface area contributed by atoms with Gasteiger partial charge in [-0.25, -0.2) is 4.79 Å². The molecule has 1 rings (SSSR count). The molecule has 0 aliphatic heterocycles. The van der Waals surface area contributed by atoms with Crippen LogP contribution in [0.4, 0.5) is 18.0 Å². The minimum Gasteiger partial charge on any atom is -0.480 e. The van der Waals surface area contributed by atoms with Gasteiger partial charge >= 0.3 is 18.2 Å². The van der Waals surface area contributed by atoms with Crippen LogP contribution in [0.3, 0.4) is 0 Å². The van der Waals surface area contributed by atoms with E-state index in [1.807, 2.05) is 0 Å². The Morgan fingerprint density at radius 3 is 2.50 bits per heavy atom. The van der Waals surface area contributed by atoms with Crippen molar-refractivity contribution in [3.63, 3.8) is 0 Å². The number of rotatable bonds is 5. The maximum absolute atomic E-state index is 12.4. The molecule has 0 atom stereocenters. The summed E-state index contributed by atoms with van der Waals surface area (Å²) in [6.45, 7) is -2.46. The highest BCUT2D eigenvalue weighted by molar-refractivity contribution is 7.07. The molecule has 0 spiro atoms. The lowest BCUT2D eigenvalue weighted by molar-refractivity contribution is -0.149. The summed E-state index contributed by atoms with van der Waals surface area (Å²) in [5.74, 6) is -1.49. The molecule has 20 heavy (non-hydrogen) atoms. The van der Waals surface area contributed by atoms with Gasteiger partial charge in [0, 0.05) is 13.6 Å². The van der Waals surface area contributed by atoms with Crippen LogP contribution >= 0.6 is 11.3 Å². The van der Waals surface area contributed by atoms with Gasteiger partial charge in [-0.3, -0.25) is 4.79 Å². The highest BCUT2D eigenvalue weighted by atomic mass is 32.1. The van der Waals surface area contributed by atoms with Gasteiger partial charge < -0.3 is 14.9 Å². The minimum absolute atomic E-state index is 0.121. The maximum atomic E-state index is 12.4. The van der Waals surface area contributed by atoms with Crippen LogP contribution in [-0.2, 0) is 11.3 Å². The van der Waals surface area contributed by atoms with Crippen LogP contribution in [0, 0.1) is 0 Å². The number of hydrogen-bond donors (Lipinski definition) is 1. The summed E-state index contributed by atoms with van der Waals surface area (Å²) in [6.07, 6.45) is -4.64. The van der Waals surface area contributed by atoms with E-state index < -0.39 is 31.3 Å². The van der Waals surface area contributed by atoms with E-state index >= 15 is 0 Å². The van der Waals surface area contributed by atoms with Gasteiger partial charge in [-0.1, -0.05) is 0 Å². The fourth-order valence-electron chi connectivity index (χ4n) is 1.54. The first-order valence-corrected chi connectivity index (χ1v) is 6.43. The normalized spacial score (nSPS) is 11.2. The van der Waals surface area contributed by atoms with Crippen molar-refractivity contribution in [1.29, 1.82) is 0 Å². The highest BCUT2D eigenvalue weighted by Gasteiger charge is 2.35. The number of carboxylic acids is 1. The molecule has 0 bridgehead atoms. The van der Waals surface area contributed by atoms with Crippen LogP contribution in [0.25, 0.3) is 0 Å². The van der Waals surface area contributed by atoms with E-state index in [0.717, 1.165) is 10.5 Å². The molecule has 0 unspecified atom stereocenters. The van der Waals surface area contributed by atoms with Crippen LogP contribution in [0.15, 0.2) is 16.8 Å². The topological polar surface area (TPSA) is 60.9 Å². The zero-order valence-electron chi connectivity index (χ0n) is 10.6. The second-order valence-electron chi connectivity index (χ2n) is 4.14. The average molecular weight is 310 g/mol. The third-order valence-electron chi connectivity index (χ3n) is 2.29. The molecule has 1 N–H and O–H groups in total. The van der Waals surface area contributed by atoms with Gasteiger partial charge in [0.05, 0.1) is 0 Å². The number of alkyl halides is 3. The van der Waals surface area contributed by atoms with Crippen molar-refractivity contribution in [2.24, 2.45) is 0 Å². The first kappa shape index (κ1) is 16.3. The molecule has 1 aromatic rings. The van der Waals surface area contributed by atoms with Crippen molar-refractivity contribution < 1.29 is 27.9 Å². The largest absolute Gasteiger partial charge is 0.480 e. The number of carbonyl (C=O) groups is 2. The molecule has 0 saturated heterocycles. The van der Waals surface area contributed by atoms with E-state index in [1.54, 1.807) is 16.8 Å². The van der Waals surface area contributed by atoms with Gasteiger partial charge in [0.15, 0.2) is 0 Å². The van der Waals surface area contributed by atoms with Gasteiger partial charge in [-0.15, -0.1) is 0 Å². The van der Waals surface area contributed by atoms with Gasteiger partial charge in [0.2, 0.25) is 0 Å². The van der Waals surface area contributed by atoms with Crippen molar-refractivity contribution >= 4 is 23.3 Å². The fourth-order valence-corrected chi connectivity index (χ4v) is 2.20. The van der Waals surface area contributed by atoms with E-state index in [0.29, 0.717) is 0 Å². The molecular weight excluding hydrogens is 297 g/mol. The van der Waals surface area contributed by atoms with Crippen molar-refractivity contribution in [2.45, 2.75) is 12.7 Å². The SMILES string of the molecule is CN(Cc1ccsc1)C(=O)N(CC(=O)O)CC(F)(F)F. The average Bonchev–Trinajstić information content (AvgIpc) is 2.77. The maximum Gasteiger partial charge on any atom is 0.406 e. The van der Waals surface area contributed by atoms with E-state index in [1.165, 1.54) is 18.4 Å². The van der Waals surface area contributed by atoms with E-state index in [4.69, 9.17) is 5.11 Å². The third-order valence-corrected chi connectivity index (χ3v) is 3.03. The second kappa shape index (κ2) is 6.60. The number of carbonyl (C=O) groups excluding carboxylic acids is 1. The van der Waals surface area contributed by atoms with E-state index in [-0.39, 0.29) is 11.4 Å². The molecule has 112 valence electrons. The molecule has 0 saturated carbocycles. The number of amides is 2. The summed E-state index contributed by atoms with van der Waals surface area (Å²) in [5, 5.41) is 12.1. The van der Waals surface area contributed by atoms with Crippen LogP contribution in [0.5, 0.6) is 0 Å². The number of halogens is 3. The standard InChI is InChI=1S/C11H13F3N2O3S/c1-15(4-8-2-3-20-6-8)10(19)16(5-9(17)18)7-11(12,13)14/h2-3,6H,4-5,7H2,1H3,(H,17,18). The van der Waals surface area contributed by atoms with Crippen LogP contribution in [0.2, 0.25) is 0 Å². The lowest BCUT2D eigenvalue weighted by Gasteiger charge is -2.27. The first-order chi connectivity index (χ1) is 9.19. The zero-order chi connectivity index (χ0) is 15.3. The second-order valence-corrected chi connectivity index (χ2v) is 4.92. The third kappa shape index (κ3) is 5.47. The predicted octanol–water partition coefficient (Wildman–Crippen LogP) is 2.25. The van der Waals surface area contributed by atoms with E-state index in [2.05, 4.69) is 0 Å². The van der Waals surface area contributed by atoms with Gasteiger partial charge in [0.25, 0.3) is 0 Å². The number of hydrogen-bond acceptors (Lipinski definition) is 3. The number of nitrogens with zero attached hydrogens (tertiary/aromatic N) is 2. The molecule has 0 aromatic carbocycles. The van der Waals surface area contributed by atoms with Gasteiger partial charge in [-0.2, -0.15) is 24.5 Å². The molecule has 9 heteroatoms. The smallest absolute Gasteiger partial charge is 0.406 e. The van der Waals surface area contributed by atoms with Gasteiger partial charge in [0.1, 0.15) is 13.1 Å². The summed E-state index contributed by atoms with van der Waals surface area (Å²) >= 11 is 1.40. The first-order valence-electron chi connectivity index (χ1n) is 5.48. The summed E-state index contributed by atoms with van der Waals surface area (Å²) in [4.78, 5) is 23.7. The van der Waals surface area contributed by atoms with Gasteiger partial charge in [-0.05, 0) is 22.4 Å². The Hall–Kier alpha value is -1.77. The Bertz CT molecular complexity index is 462. The molecule has 5 nitrogen and oxygen atoms in total. The predicted molar refractivity (Wildman–Crippen MR) is 66.4 cm³/mol. The molecule has 1 heterocycles. The summed E-state index contributed by atoms with van der Waals surface area (Å²) in [5.41, 5.74) is 0.771. The molecule has 0 fully saturated rings. The van der Waals surface area contributed by atoms with Crippen molar-refractivity contribution in [3.05, 3.63) is 22.4 Å². The fraction of sp³-hybridized carbons (Fsp3) is 0.455. The molecule has 2 amide bonds. The number of aliphatic carboxylic acids is 1. The monoisotopic (exact) mass is 310 g/mol. The lowest BCUT2D eigenvalue weighted by atomic mass is 10.3. The Kier molecular flexibility index (Phi) is 5.37. The molecule has 0 aliphatic rings. The Balaban J connectivity index is 2.73. The Labute approximate surface area is 117 Å². The summed E-state index contributed by atoms with van der Waals surface area (Å²) in [7, 11) is 1.32. The van der Waals surface area contributed by atoms with Crippen molar-refractivity contribution in [3.8, 4) is 0 Å².